The Labute approximate surface area is 230 Å². The predicted molar refractivity (Wildman–Crippen MR) is 166 cm³/mol. The van der Waals surface area contributed by atoms with Crippen LogP contribution in [0.15, 0.2) is 109 Å². The Kier molecular flexibility index (Phi) is 8.73. The summed E-state index contributed by atoms with van der Waals surface area (Å²) in [7, 11) is 0. The third-order valence-corrected chi connectivity index (χ3v) is 7.30. The molecule has 1 unspecified atom stereocenters. The van der Waals surface area contributed by atoms with Crippen molar-refractivity contribution in [3.05, 3.63) is 132 Å². The number of aryl methyl sites for hydroxylation is 1. The molecule has 0 aliphatic carbocycles. The van der Waals surface area contributed by atoms with E-state index in [4.69, 9.17) is 0 Å². The quantitative estimate of drug-likeness (QED) is 0.224. The van der Waals surface area contributed by atoms with Gasteiger partial charge >= 0.3 is 0 Å². The molecule has 4 rings (SSSR count). The molecule has 2 heteroatoms. The summed E-state index contributed by atoms with van der Waals surface area (Å²) in [5.74, 6) is 0.885. The first-order chi connectivity index (χ1) is 18.3. The smallest absolute Gasteiger partial charge is 0.0557 e. The van der Waals surface area contributed by atoms with Crippen LogP contribution in [0.2, 0.25) is 0 Å². The van der Waals surface area contributed by atoms with Gasteiger partial charge in [-0.25, -0.2) is 0 Å². The molecule has 0 N–H and O–H groups in total. The van der Waals surface area contributed by atoms with E-state index < -0.39 is 0 Å². The molecule has 196 valence electrons. The number of benzene rings is 4. The van der Waals surface area contributed by atoms with Crippen LogP contribution in [0.4, 0.5) is 22.7 Å². The molecular weight excluding hydrogens is 460 g/mol. The lowest BCUT2D eigenvalue weighted by Gasteiger charge is -2.34. The normalized spacial score (nSPS) is 12.3. The van der Waals surface area contributed by atoms with Crippen molar-refractivity contribution in [1.82, 2.24) is 0 Å². The SMILES string of the molecule is C/C=C\N(c1c(C(C)C)cccc1C(C)C)C(C)c1ccc(N(c2ccccc2)c2ccccc2)c(C)c1. The molecule has 0 heterocycles. The standard InChI is InChI=1S/C36H42N2/c1-8-24-37(36-33(26(2)3)20-15-21-34(36)27(4)5)29(7)30-22-23-35(28(6)25-30)38(31-16-11-9-12-17-31)32-18-13-10-14-19-32/h8-27,29H,1-7H3/b24-8-. The zero-order valence-electron chi connectivity index (χ0n) is 24.0. The minimum absolute atomic E-state index is 0.179. The number of anilines is 4. The van der Waals surface area contributed by atoms with Gasteiger partial charge in [0.1, 0.15) is 0 Å². The number of hydrogen-bond acceptors (Lipinski definition) is 2. The summed E-state index contributed by atoms with van der Waals surface area (Å²) in [4.78, 5) is 4.82. The molecule has 2 nitrogen and oxygen atoms in total. The molecule has 0 spiro atoms. The topological polar surface area (TPSA) is 6.48 Å². The molecule has 0 saturated heterocycles. The van der Waals surface area contributed by atoms with Crippen molar-refractivity contribution in [2.75, 3.05) is 9.80 Å². The summed E-state index contributed by atoms with van der Waals surface area (Å²) < 4.78 is 0. The first-order valence-corrected chi connectivity index (χ1v) is 13.9. The monoisotopic (exact) mass is 502 g/mol. The van der Waals surface area contributed by atoms with Crippen molar-refractivity contribution < 1.29 is 0 Å². The van der Waals surface area contributed by atoms with Gasteiger partial charge in [-0.1, -0.05) is 101 Å². The van der Waals surface area contributed by atoms with E-state index in [9.17, 15) is 0 Å². The summed E-state index contributed by atoms with van der Waals surface area (Å²) in [5, 5.41) is 0. The summed E-state index contributed by atoms with van der Waals surface area (Å²) >= 11 is 0. The van der Waals surface area contributed by atoms with Gasteiger partial charge in [-0.15, -0.1) is 0 Å². The van der Waals surface area contributed by atoms with Gasteiger partial charge < -0.3 is 9.80 Å². The number of rotatable bonds is 9. The van der Waals surface area contributed by atoms with Crippen LogP contribution in [0.25, 0.3) is 0 Å². The average molecular weight is 503 g/mol. The first kappa shape index (κ1) is 27.3. The largest absolute Gasteiger partial charge is 0.341 e. The van der Waals surface area contributed by atoms with Crippen LogP contribution in [0.5, 0.6) is 0 Å². The lowest BCUT2D eigenvalue weighted by Crippen LogP contribution is -2.24. The number of para-hydroxylation sites is 3. The Morgan fingerprint density at radius 1 is 0.632 bits per heavy atom. The fourth-order valence-electron chi connectivity index (χ4n) is 5.30. The molecule has 1 atom stereocenters. The number of hydrogen-bond donors (Lipinski definition) is 0. The Hall–Kier alpha value is -3.78. The summed E-state index contributed by atoms with van der Waals surface area (Å²) in [6.45, 7) is 15.8. The van der Waals surface area contributed by atoms with Crippen LogP contribution in [0.1, 0.15) is 81.7 Å². The minimum atomic E-state index is 0.179. The molecule has 0 bridgehead atoms. The van der Waals surface area contributed by atoms with Crippen LogP contribution in [0.3, 0.4) is 0 Å². The molecule has 0 fully saturated rings. The third-order valence-electron chi connectivity index (χ3n) is 7.30. The molecule has 0 aromatic heterocycles. The highest BCUT2D eigenvalue weighted by atomic mass is 15.2. The van der Waals surface area contributed by atoms with Gasteiger partial charge in [-0.3, -0.25) is 0 Å². The van der Waals surface area contributed by atoms with Crippen molar-refractivity contribution >= 4 is 22.7 Å². The van der Waals surface area contributed by atoms with Gasteiger partial charge in [-0.2, -0.15) is 0 Å². The molecule has 38 heavy (non-hydrogen) atoms. The van der Waals surface area contributed by atoms with Crippen LogP contribution in [-0.4, -0.2) is 0 Å². The zero-order chi connectivity index (χ0) is 27.2. The molecule has 4 aromatic carbocycles. The van der Waals surface area contributed by atoms with Crippen LogP contribution in [-0.2, 0) is 0 Å². The van der Waals surface area contributed by atoms with E-state index in [-0.39, 0.29) is 6.04 Å². The van der Waals surface area contributed by atoms with Gasteiger partial charge in [0.05, 0.1) is 6.04 Å². The van der Waals surface area contributed by atoms with Gasteiger partial charge in [0.15, 0.2) is 0 Å². The predicted octanol–water partition coefficient (Wildman–Crippen LogP) is 10.8. The van der Waals surface area contributed by atoms with Crippen LogP contribution in [0, 0.1) is 6.92 Å². The number of nitrogens with zero attached hydrogens (tertiary/aromatic N) is 2. The van der Waals surface area contributed by atoms with Crippen molar-refractivity contribution in [2.24, 2.45) is 0 Å². The molecule has 4 aromatic rings. The van der Waals surface area contributed by atoms with E-state index in [1.165, 1.54) is 33.6 Å². The van der Waals surface area contributed by atoms with E-state index in [0.717, 1.165) is 11.4 Å². The lowest BCUT2D eigenvalue weighted by atomic mass is 9.90. The number of allylic oxidation sites excluding steroid dienone is 1. The minimum Gasteiger partial charge on any atom is -0.341 e. The Balaban J connectivity index is 1.80. The van der Waals surface area contributed by atoms with Gasteiger partial charge in [0, 0.05) is 28.9 Å². The summed E-state index contributed by atoms with van der Waals surface area (Å²) in [6.07, 6.45) is 4.41. The highest BCUT2D eigenvalue weighted by Crippen LogP contribution is 2.41. The van der Waals surface area contributed by atoms with E-state index in [1.807, 2.05) is 0 Å². The second-order valence-electron chi connectivity index (χ2n) is 10.7. The fourth-order valence-corrected chi connectivity index (χ4v) is 5.30. The maximum absolute atomic E-state index is 2.48. The van der Waals surface area contributed by atoms with Crippen LogP contribution >= 0.6 is 0 Å². The molecule has 0 radical (unpaired) electrons. The second-order valence-corrected chi connectivity index (χ2v) is 10.7. The molecule has 0 aliphatic rings. The maximum Gasteiger partial charge on any atom is 0.0557 e. The van der Waals surface area contributed by atoms with Crippen molar-refractivity contribution in [2.45, 2.75) is 66.3 Å². The summed E-state index contributed by atoms with van der Waals surface area (Å²) in [6, 6.07) is 35.2. The molecule has 0 saturated carbocycles. The first-order valence-electron chi connectivity index (χ1n) is 13.9. The van der Waals surface area contributed by atoms with Gasteiger partial charge in [0.25, 0.3) is 0 Å². The van der Waals surface area contributed by atoms with Crippen molar-refractivity contribution in [3.8, 4) is 0 Å². The van der Waals surface area contributed by atoms with E-state index >= 15 is 0 Å². The highest BCUT2D eigenvalue weighted by molar-refractivity contribution is 5.78. The highest BCUT2D eigenvalue weighted by Gasteiger charge is 2.24. The molecule has 0 amide bonds. The molecular formula is C36H42N2. The van der Waals surface area contributed by atoms with E-state index in [1.54, 1.807) is 0 Å². The van der Waals surface area contributed by atoms with Crippen molar-refractivity contribution in [1.29, 1.82) is 0 Å². The summed E-state index contributed by atoms with van der Waals surface area (Å²) in [5.41, 5.74) is 10.2. The Morgan fingerprint density at radius 3 is 1.61 bits per heavy atom. The average Bonchev–Trinajstić information content (AvgIpc) is 2.93. The Morgan fingerprint density at radius 2 is 1.16 bits per heavy atom. The van der Waals surface area contributed by atoms with E-state index in [0.29, 0.717) is 11.8 Å². The van der Waals surface area contributed by atoms with Gasteiger partial charge in [-0.05, 0) is 85.2 Å². The fraction of sp³-hybridized carbons (Fsp3) is 0.278. The van der Waals surface area contributed by atoms with E-state index in [2.05, 4.69) is 168 Å². The second kappa shape index (κ2) is 12.2. The maximum atomic E-state index is 2.48. The van der Waals surface area contributed by atoms with Crippen molar-refractivity contribution in [3.63, 3.8) is 0 Å². The Bertz CT molecular complexity index is 1290. The van der Waals surface area contributed by atoms with Gasteiger partial charge in [0.2, 0.25) is 0 Å². The van der Waals surface area contributed by atoms with Crippen LogP contribution < -0.4 is 9.80 Å². The zero-order valence-corrected chi connectivity index (χ0v) is 24.0. The third kappa shape index (κ3) is 5.70. The lowest BCUT2D eigenvalue weighted by molar-refractivity contribution is 0.735. The molecule has 0 aliphatic heterocycles.